The maximum atomic E-state index is 9.83. The molecular formula is C3H5MgO5PS. The molecule has 0 saturated carbocycles. The van der Waals surface area contributed by atoms with Gasteiger partial charge < -0.3 is 24.0 Å². The average molecular weight is 208 g/mol. The Balaban J connectivity index is 0.000001000. The van der Waals surface area contributed by atoms with Gasteiger partial charge in [0.25, 0.3) is 0 Å². The monoisotopic (exact) mass is 208 g/mol. The Hall–Kier alpha value is 1.19. The van der Waals surface area contributed by atoms with Gasteiger partial charge in [-0.15, -0.1) is 11.8 Å². The predicted octanol–water partition coefficient (Wildman–Crippen LogP) is -2.12. The van der Waals surface area contributed by atoms with E-state index in [1.807, 2.05) is 0 Å². The van der Waals surface area contributed by atoms with E-state index in [-0.39, 0.29) is 34.9 Å². The maximum Gasteiger partial charge on any atom is 2.00 e. The summed E-state index contributed by atoms with van der Waals surface area (Å²) >= 11 is 1.16. The van der Waals surface area contributed by atoms with Crippen LogP contribution < -0.4 is 9.79 Å². The van der Waals surface area contributed by atoms with Gasteiger partial charge in [0.2, 0.25) is 0 Å². The van der Waals surface area contributed by atoms with E-state index < -0.39 is 13.3 Å². The zero-order chi connectivity index (χ0) is 7.78. The molecule has 1 rings (SSSR count). The molecule has 8 heteroatoms. The second kappa shape index (κ2) is 4.43. The first kappa shape index (κ1) is 12.2. The van der Waals surface area contributed by atoms with Crippen molar-refractivity contribution in [2.24, 2.45) is 0 Å². The van der Waals surface area contributed by atoms with Gasteiger partial charge in [0, 0.05) is 0 Å². The topological polar surface area (TPSA) is 92.7 Å². The van der Waals surface area contributed by atoms with Crippen molar-refractivity contribution >= 4 is 42.6 Å². The number of aliphatic hydroxyl groups is 1. The molecule has 2 unspecified atom stereocenters. The van der Waals surface area contributed by atoms with Crippen LogP contribution in [0.25, 0.3) is 0 Å². The van der Waals surface area contributed by atoms with Gasteiger partial charge in [-0.1, -0.05) is 0 Å². The molecule has 1 saturated heterocycles. The van der Waals surface area contributed by atoms with E-state index in [4.69, 9.17) is 5.11 Å². The first-order chi connectivity index (χ1) is 4.49. The summed E-state index contributed by atoms with van der Waals surface area (Å²) in [5, 5.41) is 8.37. The van der Waals surface area contributed by atoms with Crippen molar-refractivity contribution in [3.05, 3.63) is 0 Å². The Morgan fingerprint density at radius 1 is 1.64 bits per heavy atom. The number of thioether (sulfide) groups is 1. The number of hydrogen-bond acceptors (Lipinski definition) is 6. The van der Waals surface area contributed by atoms with E-state index in [2.05, 4.69) is 4.52 Å². The summed E-state index contributed by atoms with van der Waals surface area (Å²) in [6, 6.07) is 0. The minimum absolute atomic E-state index is 0. The maximum absolute atomic E-state index is 9.83. The van der Waals surface area contributed by atoms with E-state index in [1.54, 1.807) is 0 Å². The molecule has 0 aromatic rings. The molecule has 0 radical (unpaired) electrons. The Morgan fingerprint density at radius 2 is 2.09 bits per heavy atom. The minimum atomic E-state index is -4.83. The van der Waals surface area contributed by atoms with Crippen LogP contribution in [0.1, 0.15) is 0 Å². The Labute approximate surface area is 83.9 Å². The first-order valence-corrected chi connectivity index (χ1v) is 4.89. The molecule has 0 spiro atoms. The van der Waals surface area contributed by atoms with Crippen molar-refractivity contribution in [3.63, 3.8) is 0 Å². The Bertz CT molecular complexity index is 171. The van der Waals surface area contributed by atoms with Gasteiger partial charge in [-0.05, 0) is 0 Å². The van der Waals surface area contributed by atoms with Gasteiger partial charge in [-0.25, -0.2) is 0 Å². The normalized spacial score (nSPS) is 29.4. The summed E-state index contributed by atoms with van der Waals surface area (Å²) < 4.78 is 13.7. The van der Waals surface area contributed by atoms with Crippen LogP contribution in [0.4, 0.5) is 0 Å². The van der Waals surface area contributed by atoms with Gasteiger partial charge in [0.15, 0.2) is 0 Å². The molecule has 60 valence electrons. The zero-order valence-corrected chi connectivity index (χ0v) is 8.63. The van der Waals surface area contributed by atoms with Crippen molar-refractivity contribution in [1.29, 1.82) is 0 Å². The van der Waals surface area contributed by atoms with Crippen molar-refractivity contribution in [3.8, 4) is 0 Å². The second-order valence-corrected chi connectivity index (χ2v) is 4.32. The number of phosphoric ester groups is 1. The van der Waals surface area contributed by atoms with Crippen LogP contribution in [0.3, 0.4) is 0 Å². The molecule has 2 atom stereocenters. The van der Waals surface area contributed by atoms with Crippen molar-refractivity contribution in [2.45, 2.75) is 10.7 Å². The summed E-state index contributed by atoms with van der Waals surface area (Å²) in [5.41, 5.74) is -0.563. The number of aliphatic hydroxyl groups excluding tert-OH is 1. The van der Waals surface area contributed by atoms with Crippen LogP contribution in [0.15, 0.2) is 0 Å². The summed E-state index contributed by atoms with van der Waals surface area (Å²) in [5.74, 6) is 0. The van der Waals surface area contributed by atoms with E-state index in [0.717, 1.165) is 11.8 Å². The van der Waals surface area contributed by atoms with Gasteiger partial charge >= 0.3 is 23.1 Å². The van der Waals surface area contributed by atoms with E-state index in [9.17, 15) is 14.4 Å². The Kier molecular flexibility index (Phi) is 4.91. The number of rotatable bonds is 3. The minimum Gasteiger partial charge on any atom is -0.790 e. The van der Waals surface area contributed by atoms with Gasteiger partial charge in [-0.3, -0.25) is 0 Å². The molecule has 5 nitrogen and oxygen atoms in total. The van der Waals surface area contributed by atoms with E-state index >= 15 is 0 Å². The molecular weight excluding hydrogens is 203 g/mol. The summed E-state index contributed by atoms with van der Waals surface area (Å²) in [6.07, 6.45) is 0. The van der Waals surface area contributed by atoms with Crippen molar-refractivity contribution < 1.29 is 24.0 Å². The third-order valence-corrected chi connectivity index (χ3v) is 2.45. The molecule has 11 heavy (non-hydrogen) atoms. The van der Waals surface area contributed by atoms with Crippen molar-refractivity contribution in [1.82, 2.24) is 0 Å². The first-order valence-electron chi connectivity index (χ1n) is 2.49. The Morgan fingerprint density at radius 3 is 2.36 bits per heavy atom. The molecule has 0 aromatic carbocycles. The smallest absolute Gasteiger partial charge is 0.790 e. The fraction of sp³-hybridized carbons (Fsp3) is 1.00. The van der Waals surface area contributed by atoms with Gasteiger partial charge in [0.05, 0.1) is 19.7 Å². The molecule has 1 fully saturated rings. The van der Waals surface area contributed by atoms with Crippen LogP contribution in [0.5, 0.6) is 0 Å². The number of hydrogen-bond donors (Lipinski definition) is 1. The third-order valence-electron chi connectivity index (χ3n) is 0.953. The van der Waals surface area contributed by atoms with Gasteiger partial charge in [0.1, 0.15) is 5.44 Å². The molecule has 1 aliphatic heterocycles. The predicted molar refractivity (Wildman–Crippen MR) is 36.7 cm³/mol. The van der Waals surface area contributed by atoms with Crippen molar-refractivity contribution in [2.75, 3.05) is 6.61 Å². The fourth-order valence-electron chi connectivity index (χ4n) is 0.420. The summed E-state index contributed by atoms with van der Waals surface area (Å²) in [7, 11) is -4.83. The van der Waals surface area contributed by atoms with Crippen LogP contribution in [0, 0.1) is 0 Å². The van der Waals surface area contributed by atoms with Gasteiger partial charge in [-0.2, -0.15) is 0 Å². The zero-order valence-electron chi connectivity index (χ0n) is 5.50. The van der Waals surface area contributed by atoms with Crippen LogP contribution in [0.2, 0.25) is 0 Å². The molecule has 0 aromatic heterocycles. The summed E-state index contributed by atoms with van der Waals surface area (Å²) in [6.45, 7) is -0.212. The number of phosphoric acid groups is 1. The summed E-state index contributed by atoms with van der Waals surface area (Å²) in [4.78, 5) is 19.7. The molecule has 0 amide bonds. The quantitative estimate of drug-likeness (QED) is 0.324. The third kappa shape index (κ3) is 5.43. The van der Waals surface area contributed by atoms with Crippen LogP contribution in [-0.4, -0.2) is 45.5 Å². The molecule has 1 N–H and O–H groups in total. The average Bonchev–Trinajstić information content (AvgIpc) is 2.40. The van der Waals surface area contributed by atoms with Crippen LogP contribution in [-0.2, 0) is 9.09 Å². The molecule has 1 aliphatic rings. The molecule has 1 heterocycles. The standard InChI is InChI=1S/C3H7O5PS.Mg/c4-3-2(10-3)1-8-9(5,6)7;/h2-4H,1H2,(H2,5,6,7);/q;+2/p-2. The fourth-order valence-corrected chi connectivity index (χ4v) is 1.36. The van der Waals surface area contributed by atoms with E-state index in [0.29, 0.717) is 0 Å². The second-order valence-electron chi connectivity index (χ2n) is 1.81. The van der Waals surface area contributed by atoms with E-state index in [1.165, 1.54) is 0 Å². The largest absolute Gasteiger partial charge is 2.00 e. The molecule has 0 bridgehead atoms. The SMILES string of the molecule is O=P([O-])([O-])OCC1SC1O.[Mg+2]. The van der Waals surface area contributed by atoms with Crippen LogP contribution >= 0.6 is 19.6 Å². The molecule has 0 aliphatic carbocycles.